The Bertz CT molecular complexity index is 811. The lowest BCUT2D eigenvalue weighted by atomic mass is 10.1. The van der Waals surface area contributed by atoms with Gasteiger partial charge in [0.15, 0.2) is 11.0 Å². The molecule has 0 bridgehead atoms. The Labute approximate surface area is 160 Å². The fourth-order valence-electron chi connectivity index (χ4n) is 3.49. The minimum atomic E-state index is -0.251. The number of nitrogens with zero attached hydrogens (tertiary/aromatic N) is 5. The SMILES string of the molecule is CCc1nc2n(n1)C(=O)C([C@H](c1cccs1)N1CCN(C(C)=O)CC1)S2. The molecule has 2 atom stereocenters. The van der Waals surface area contributed by atoms with Crippen molar-refractivity contribution in [2.45, 2.75) is 36.7 Å². The number of fused-ring (bicyclic) bond motifs is 1. The second-order valence-electron chi connectivity index (χ2n) is 6.45. The highest BCUT2D eigenvalue weighted by Gasteiger charge is 2.44. The van der Waals surface area contributed by atoms with Gasteiger partial charge in [0.05, 0.1) is 6.04 Å². The summed E-state index contributed by atoms with van der Waals surface area (Å²) in [6, 6.07) is 4.09. The third kappa shape index (κ3) is 3.08. The zero-order valence-electron chi connectivity index (χ0n) is 14.8. The van der Waals surface area contributed by atoms with E-state index in [1.807, 2.05) is 23.3 Å². The quantitative estimate of drug-likeness (QED) is 0.793. The molecule has 9 heteroatoms. The van der Waals surface area contributed by atoms with E-state index in [4.69, 9.17) is 0 Å². The van der Waals surface area contributed by atoms with Crippen molar-refractivity contribution in [1.29, 1.82) is 0 Å². The maximum Gasteiger partial charge on any atom is 0.264 e. The molecule has 138 valence electrons. The highest BCUT2D eigenvalue weighted by molar-refractivity contribution is 8.01. The number of carbonyl (C=O) groups is 2. The molecule has 0 N–H and O–H groups in total. The van der Waals surface area contributed by atoms with Gasteiger partial charge in [0.25, 0.3) is 5.91 Å². The van der Waals surface area contributed by atoms with Crippen molar-refractivity contribution in [3.63, 3.8) is 0 Å². The van der Waals surface area contributed by atoms with Crippen molar-refractivity contribution < 1.29 is 9.59 Å². The number of thiophene rings is 1. The van der Waals surface area contributed by atoms with Gasteiger partial charge in [-0.2, -0.15) is 4.68 Å². The lowest BCUT2D eigenvalue weighted by Crippen LogP contribution is -2.51. The number of hydrogen-bond donors (Lipinski definition) is 0. The van der Waals surface area contributed by atoms with Crippen LogP contribution in [0.2, 0.25) is 0 Å². The maximum atomic E-state index is 13.0. The zero-order valence-corrected chi connectivity index (χ0v) is 16.4. The Morgan fingerprint density at radius 3 is 2.69 bits per heavy atom. The Balaban J connectivity index is 1.59. The molecule has 26 heavy (non-hydrogen) atoms. The lowest BCUT2D eigenvalue weighted by molar-refractivity contribution is -0.130. The third-order valence-electron chi connectivity index (χ3n) is 4.90. The number of carbonyl (C=O) groups excluding carboxylic acids is 2. The van der Waals surface area contributed by atoms with Crippen LogP contribution in [0.5, 0.6) is 0 Å². The molecule has 4 rings (SSSR count). The Morgan fingerprint density at radius 1 is 1.35 bits per heavy atom. The van der Waals surface area contributed by atoms with E-state index in [2.05, 4.69) is 21.0 Å². The first-order valence-electron chi connectivity index (χ1n) is 8.78. The number of piperazine rings is 1. The minimum Gasteiger partial charge on any atom is -0.340 e. The maximum absolute atomic E-state index is 13.0. The number of amides is 1. The topological polar surface area (TPSA) is 71.3 Å². The number of aryl methyl sites for hydroxylation is 1. The first kappa shape index (κ1) is 17.7. The van der Waals surface area contributed by atoms with Crippen LogP contribution < -0.4 is 0 Å². The average Bonchev–Trinajstić information content (AvgIpc) is 3.35. The van der Waals surface area contributed by atoms with Crippen molar-refractivity contribution in [3.05, 3.63) is 28.2 Å². The van der Waals surface area contributed by atoms with Crippen LogP contribution in [0.1, 0.15) is 35.4 Å². The van der Waals surface area contributed by atoms with Crippen LogP contribution in [0.4, 0.5) is 0 Å². The molecule has 2 aromatic rings. The van der Waals surface area contributed by atoms with Crippen LogP contribution in [-0.4, -0.2) is 67.8 Å². The van der Waals surface area contributed by atoms with Crippen molar-refractivity contribution in [3.8, 4) is 0 Å². The number of thioether (sulfide) groups is 1. The van der Waals surface area contributed by atoms with E-state index < -0.39 is 0 Å². The normalized spacial score (nSPS) is 21.8. The summed E-state index contributed by atoms with van der Waals surface area (Å²) in [6.45, 7) is 6.53. The third-order valence-corrected chi connectivity index (χ3v) is 7.03. The van der Waals surface area contributed by atoms with Crippen LogP contribution in [0.25, 0.3) is 0 Å². The van der Waals surface area contributed by atoms with Gasteiger partial charge >= 0.3 is 0 Å². The van der Waals surface area contributed by atoms with Crippen molar-refractivity contribution in [2.24, 2.45) is 0 Å². The van der Waals surface area contributed by atoms with Gasteiger partial charge in [-0.05, 0) is 11.4 Å². The van der Waals surface area contributed by atoms with E-state index in [9.17, 15) is 9.59 Å². The molecule has 1 amide bonds. The van der Waals surface area contributed by atoms with Gasteiger partial charge in [-0.3, -0.25) is 14.5 Å². The summed E-state index contributed by atoms with van der Waals surface area (Å²) in [5, 5.41) is 6.84. The molecule has 1 saturated heterocycles. The fourth-order valence-corrected chi connectivity index (χ4v) is 5.73. The number of aromatic nitrogens is 3. The number of rotatable bonds is 4. The summed E-state index contributed by atoms with van der Waals surface area (Å²) in [4.78, 5) is 34.5. The van der Waals surface area contributed by atoms with Gasteiger partial charge in [-0.15, -0.1) is 16.4 Å². The van der Waals surface area contributed by atoms with Gasteiger partial charge in [0.2, 0.25) is 5.91 Å². The van der Waals surface area contributed by atoms with Crippen LogP contribution >= 0.6 is 23.1 Å². The first-order valence-corrected chi connectivity index (χ1v) is 10.5. The molecule has 0 spiro atoms. The van der Waals surface area contributed by atoms with Crippen LogP contribution in [-0.2, 0) is 11.2 Å². The zero-order chi connectivity index (χ0) is 18.3. The standard InChI is InChI=1S/C17H21N5O2S2/c1-3-13-18-17-22(19-13)16(24)15(26-17)14(12-5-4-10-25-12)21-8-6-20(7-9-21)11(2)23/h4-5,10,14-15H,3,6-9H2,1-2H3/t14-,15?/m0/s1. The van der Waals surface area contributed by atoms with Gasteiger partial charge < -0.3 is 4.90 Å². The average molecular weight is 392 g/mol. The molecule has 0 radical (unpaired) electrons. The molecule has 1 unspecified atom stereocenters. The minimum absolute atomic E-state index is 0.00426. The van der Waals surface area contributed by atoms with Gasteiger partial charge in [0.1, 0.15) is 5.25 Å². The summed E-state index contributed by atoms with van der Waals surface area (Å²) in [5.74, 6) is 0.826. The summed E-state index contributed by atoms with van der Waals surface area (Å²) < 4.78 is 1.47. The Hall–Kier alpha value is -1.71. The smallest absolute Gasteiger partial charge is 0.264 e. The highest BCUT2D eigenvalue weighted by Crippen LogP contribution is 2.42. The molecule has 2 aliphatic heterocycles. The molecule has 0 aromatic carbocycles. The molecule has 0 saturated carbocycles. The van der Waals surface area contributed by atoms with Gasteiger partial charge in [-0.1, -0.05) is 24.8 Å². The highest BCUT2D eigenvalue weighted by atomic mass is 32.2. The van der Waals surface area contributed by atoms with E-state index in [-0.39, 0.29) is 23.1 Å². The van der Waals surface area contributed by atoms with Crippen molar-refractivity contribution in [1.82, 2.24) is 24.6 Å². The van der Waals surface area contributed by atoms with E-state index in [1.54, 1.807) is 18.3 Å². The number of hydrogen-bond acceptors (Lipinski definition) is 7. The second-order valence-corrected chi connectivity index (χ2v) is 8.54. The Morgan fingerprint density at radius 2 is 2.12 bits per heavy atom. The molecule has 4 heterocycles. The van der Waals surface area contributed by atoms with Crippen molar-refractivity contribution in [2.75, 3.05) is 26.2 Å². The van der Waals surface area contributed by atoms with Crippen LogP contribution in [0, 0.1) is 0 Å². The second kappa shape index (κ2) is 7.13. The summed E-state index contributed by atoms with van der Waals surface area (Å²) in [7, 11) is 0. The molecule has 7 nitrogen and oxygen atoms in total. The molecule has 1 fully saturated rings. The van der Waals surface area contributed by atoms with Crippen LogP contribution in [0.3, 0.4) is 0 Å². The predicted octanol–water partition coefficient (Wildman–Crippen LogP) is 1.92. The molecule has 2 aliphatic rings. The summed E-state index contributed by atoms with van der Waals surface area (Å²) in [5.41, 5.74) is 0. The van der Waals surface area contributed by atoms with Crippen LogP contribution in [0.15, 0.2) is 22.7 Å². The molecular formula is C17H21N5O2S2. The van der Waals surface area contributed by atoms with Crippen molar-refractivity contribution >= 4 is 34.9 Å². The largest absolute Gasteiger partial charge is 0.340 e. The summed E-state index contributed by atoms with van der Waals surface area (Å²) in [6.07, 6.45) is 0.722. The first-order chi connectivity index (χ1) is 12.6. The predicted molar refractivity (Wildman–Crippen MR) is 101 cm³/mol. The lowest BCUT2D eigenvalue weighted by Gasteiger charge is -2.40. The monoisotopic (exact) mass is 391 g/mol. The Kier molecular flexibility index (Phi) is 4.85. The van der Waals surface area contributed by atoms with E-state index in [0.29, 0.717) is 24.1 Å². The fraction of sp³-hybridized carbons (Fsp3) is 0.529. The van der Waals surface area contributed by atoms with E-state index >= 15 is 0 Å². The molecular weight excluding hydrogens is 370 g/mol. The van der Waals surface area contributed by atoms with Gasteiger partial charge in [-0.25, -0.2) is 4.98 Å². The van der Waals surface area contributed by atoms with Gasteiger partial charge in [0, 0.05) is 44.4 Å². The summed E-state index contributed by atoms with van der Waals surface area (Å²) >= 11 is 3.18. The molecule has 2 aromatic heterocycles. The van der Waals surface area contributed by atoms with E-state index in [1.165, 1.54) is 21.3 Å². The van der Waals surface area contributed by atoms with E-state index in [0.717, 1.165) is 19.5 Å². The molecule has 0 aliphatic carbocycles.